The molecule has 71 valence electrons. The van der Waals surface area contributed by atoms with Crippen molar-refractivity contribution >= 4 is 0 Å². The summed E-state index contributed by atoms with van der Waals surface area (Å²) in [4.78, 5) is 0. The Morgan fingerprint density at radius 3 is 1.50 bits per heavy atom. The summed E-state index contributed by atoms with van der Waals surface area (Å²) in [6, 6.07) is 0. The number of nitriles is 1. The van der Waals surface area contributed by atoms with Crippen LogP contribution in [0.5, 0.6) is 0 Å². The van der Waals surface area contributed by atoms with Crippen molar-refractivity contribution in [1.29, 1.82) is 5.26 Å². The van der Waals surface area contributed by atoms with Gasteiger partial charge >= 0.3 is 78.6 Å². The number of rotatable bonds is 6. The van der Waals surface area contributed by atoms with Gasteiger partial charge in [0.2, 0.25) is 0 Å². The second-order valence-corrected chi connectivity index (χ2v) is 10.8. The summed E-state index contributed by atoms with van der Waals surface area (Å²) in [7, 11) is 0. The molecule has 2 heteroatoms. The number of allylic oxidation sites excluding steroid dienone is 3. The van der Waals surface area contributed by atoms with Crippen molar-refractivity contribution in [1.82, 2.24) is 0 Å². The molecular weight excluding hydrogens is 331 g/mol. The maximum absolute atomic E-state index is 9.05. The van der Waals surface area contributed by atoms with E-state index in [-0.39, 0.29) is 0 Å². The average molecular weight is 346 g/mol. The number of hydrogen-bond acceptors (Lipinski definition) is 1. The predicted octanol–water partition coefficient (Wildman–Crippen LogP) is 3.43. The van der Waals surface area contributed by atoms with Crippen molar-refractivity contribution in [2.45, 2.75) is 13.9 Å². The van der Waals surface area contributed by atoms with Gasteiger partial charge in [-0.2, -0.15) is 0 Å². The normalized spacial score (nSPS) is 11.2. The first kappa shape index (κ1) is 11.5. The third-order valence-electron chi connectivity index (χ3n) is 1.11. The van der Waals surface area contributed by atoms with E-state index in [1.165, 1.54) is 0 Å². The molecular formula is C10H15AuN. The maximum atomic E-state index is 9.05. The van der Waals surface area contributed by atoms with E-state index in [1.807, 2.05) is 18.2 Å². The van der Waals surface area contributed by atoms with Gasteiger partial charge in [0.05, 0.1) is 0 Å². The summed E-state index contributed by atoms with van der Waals surface area (Å²) in [5.74, 6) is 0. The van der Waals surface area contributed by atoms with E-state index in [0.29, 0.717) is 0 Å². The molecule has 0 N–H and O–H groups in total. The molecule has 0 aromatic carbocycles. The molecule has 0 aromatic heterocycles. The number of nitrogens with zero attached hydrogens (tertiary/aromatic N) is 1. The van der Waals surface area contributed by atoms with Gasteiger partial charge in [-0.1, -0.05) is 0 Å². The van der Waals surface area contributed by atoms with Crippen molar-refractivity contribution in [3.8, 4) is 4.29 Å². The summed E-state index contributed by atoms with van der Waals surface area (Å²) in [5.41, 5.74) is 0. The van der Waals surface area contributed by atoms with Gasteiger partial charge in [0, 0.05) is 0 Å². The van der Waals surface area contributed by atoms with Crippen LogP contribution in [0.3, 0.4) is 0 Å². The molecule has 0 aliphatic carbocycles. The molecule has 0 aliphatic heterocycles. The van der Waals surface area contributed by atoms with Gasteiger partial charge in [0.15, 0.2) is 0 Å². The molecule has 0 saturated heterocycles. The Balaban J connectivity index is 4.49. The van der Waals surface area contributed by atoms with Crippen molar-refractivity contribution in [2.24, 2.45) is 0 Å². The molecule has 0 saturated carbocycles. The van der Waals surface area contributed by atoms with Gasteiger partial charge in [-0.05, 0) is 0 Å². The Hall–Kier alpha value is -0.550. The van der Waals surface area contributed by atoms with Gasteiger partial charge in [-0.15, -0.1) is 0 Å². The molecule has 1 nitrogen and oxygen atoms in total. The third-order valence-corrected chi connectivity index (χ3v) is 9.09. The van der Waals surface area contributed by atoms with E-state index in [1.54, 1.807) is 0 Å². The zero-order chi connectivity index (χ0) is 9.45. The zero-order valence-corrected chi connectivity index (χ0v) is 9.39. The summed E-state index contributed by atoms with van der Waals surface area (Å²) in [6.45, 7) is 11.0. The molecule has 0 amide bonds. The van der Waals surface area contributed by atoms with E-state index in [9.17, 15) is 0 Å². The molecule has 12 heavy (non-hydrogen) atoms. The van der Waals surface area contributed by atoms with E-state index in [4.69, 9.17) is 5.26 Å². The van der Waals surface area contributed by atoms with E-state index >= 15 is 0 Å². The zero-order valence-electron chi connectivity index (χ0n) is 7.22. The van der Waals surface area contributed by atoms with Crippen molar-refractivity contribution < 1.29 is 17.1 Å². The van der Waals surface area contributed by atoms with Crippen LogP contribution in [0.1, 0.15) is 0 Å². The molecule has 0 bridgehead atoms. The van der Waals surface area contributed by atoms with Crippen LogP contribution in [0.2, 0.25) is 13.9 Å². The Kier molecular flexibility index (Phi) is 5.75. The Bertz CT molecular complexity index is 186. The van der Waals surface area contributed by atoms with Crippen LogP contribution in [0.15, 0.2) is 38.0 Å². The van der Waals surface area contributed by atoms with Gasteiger partial charge in [-0.3, -0.25) is 0 Å². The predicted molar refractivity (Wildman–Crippen MR) is 50.6 cm³/mol. The Labute approximate surface area is 78.6 Å². The van der Waals surface area contributed by atoms with Crippen LogP contribution in [-0.2, 0) is 17.1 Å². The monoisotopic (exact) mass is 346 g/mol. The summed E-state index contributed by atoms with van der Waals surface area (Å²) in [5, 5.41) is 9.05. The fourth-order valence-corrected chi connectivity index (χ4v) is 6.00. The standard InChI is InChI=1S/3C3H5.CN.Au/c3*1-3-2;1-2;/h3*3H,1-2H2;;. The first-order valence-electron chi connectivity index (χ1n) is 3.46. The average Bonchev–Trinajstić information content (AvgIpc) is 2.06. The molecule has 0 spiro atoms. The molecule has 0 rings (SSSR count). The fourth-order valence-electron chi connectivity index (χ4n) is 0.733. The van der Waals surface area contributed by atoms with E-state index < -0.39 is 17.1 Å². The Morgan fingerprint density at radius 2 is 1.33 bits per heavy atom. The third kappa shape index (κ3) is 3.23. The first-order valence-corrected chi connectivity index (χ1v) is 9.14. The van der Waals surface area contributed by atoms with E-state index in [0.717, 1.165) is 13.9 Å². The fraction of sp³-hybridized carbons (Fsp3) is 0.300. The second-order valence-electron chi connectivity index (χ2n) is 2.07. The van der Waals surface area contributed by atoms with E-state index in [2.05, 4.69) is 24.0 Å². The van der Waals surface area contributed by atoms with Crippen LogP contribution in [-0.4, -0.2) is 0 Å². The quantitative estimate of drug-likeness (QED) is 0.534. The molecule has 0 heterocycles. The topological polar surface area (TPSA) is 23.8 Å². The van der Waals surface area contributed by atoms with Gasteiger partial charge in [0.25, 0.3) is 0 Å². The summed E-state index contributed by atoms with van der Waals surface area (Å²) >= 11 is -2.18. The second kappa shape index (κ2) is 6.02. The number of hydrogen-bond donors (Lipinski definition) is 0. The molecule has 0 aliphatic rings. The van der Waals surface area contributed by atoms with Crippen LogP contribution in [0.4, 0.5) is 0 Å². The first-order chi connectivity index (χ1) is 5.74. The van der Waals surface area contributed by atoms with Crippen molar-refractivity contribution in [2.75, 3.05) is 0 Å². The molecule has 0 atom stereocenters. The van der Waals surface area contributed by atoms with Crippen LogP contribution >= 0.6 is 0 Å². The minimum atomic E-state index is -2.18. The SMILES string of the molecule is C=C[CH2][Au]([C]#N)([CH2]C=C)[CH2]C=C. The van der Waals surface area contributed by atoms with Crippen LogP contribution < -0.4 is 0 Å². The molecule has 0 fully saturated rings. The minimum absolute atomic E-state index is 0.870. The van der Waals surface area contributed by atoms with Gasteiger partial charge < -0.3 is 0 Å². The van der Waals surface area contributed by atoms with Crippen molar-refractivity contribution in [3.63, 3.8) is 0 Å². The van der Waals surface area contributed by atoms with Gasteiger partial charge in [-0.25, -0.2) is 0 Å². The summed E-state index contributed by atoms with van der Waals surface area (Å²) in [6.07, 6.45) is 5.55. The van der Waals surface area contributed by atoms with Crippen molar-refractivity contribution in [3.05, 3.63) is 38.0 Å². The van der Waals surface area contributed by atoms with Gasteiger partial charge in [0.1, 0.15) is 0 Å². The van der Waals surface area contributed by atoms with Crippen LogP contribution in [0, 0.1) is 9.55 Å². The summed E-state index contributed by atoms with van der Waals surface area (Å²) < 4.78 is 5.09. The Morgan fingerprint density at radius 1 is 1.00 bits per heavy atom. The molecule has 0 unspecified atom stereocenters. The molecule has 0 radical (unpaired) electrons. The van der Waals surface area contributed by atoms with Crippen LogP contribution in [0.25, 0.3) is 0 Å². The molecule has 0 aromatic rings.